The molecule has 0 aromatic carbocycles. The summed E-state index contributed by atoms with van der Waals surface area (Å²) in [4.78, 5) is 14.3. The van der Waals surface area contributed by atoms with Gasteiger partial charge >= 0.3 is 0 Å². The zero-order chi connectivity index (χ0) is 16.3. The third-order valence-corrected chi connectivity index (χ3v) is 6.85. The maximum atomic E-state index is 12.6. The molecule has 0 saturated carbocycles. The highest BCUT2D eigenvalue weighted by molar-refractivity contribution is 7.86. The van der Waals surface area contributed by atoms with Crippen molar-refractivity contribution < 1.29 is 17.9 Å². The highest BCUT2D eigenvalue weighted by atomic mass is 32.2. The Morgan fingerprint density at radius 2 is 1.65 bits per heavy atom. The lowest BCUT2D eigenvalue weighted by atomic mass is 9.98. The first kappa shape index (κ1) is 17.1. The van der Waals surface area contributed by atoms with Crippen molar-refractivity contribution in [1.82, 2.24) is 18.8 Å². The first-order valence-electron chi connectivity index (χ1n) is 8.41. The summed E-state index contributed by atoms with van der Waals surface area (Å²) in [6.45, 7) is 5.18. The minimum absolute atomic E-state index is 0.0474. The summed E-state index contributed by atoms with van der Waals surface area (Å²) in [5, 5.41) is 3.26. The van der Waals surface area contributed by atoms with Gasteiger partial charge in [-0.05, 0) is 19.4 Å². The van der Waals surface area contributed by atoms with Gasteiger partial charge in [0.25, 0.3) is 10.2 Å². The van der Waals surface area contributed by atoms with Crippen LogP contribution in [0.2, 0.25) is 0 Å². The molecule has 132 valence electrons. The van der Waals surface area contributed by atoms with Crippen LogP contribution in [0.25, 0.3) is 0 Å². The Morgan fingerprint density at radius 1 is 1.00 bits per heavy atom. The molecule has 3 fully saturated rings. The number of amides is 1. The van der Waals surface area contributed by atoms with Crippen LogP contribution in [0.4, 0.5) is 0 Å². The van der Waals surface area contributed by atoms with Gasteiger partial charge in [-0.2, -0.15) is 17.0 Å². The second-order valence-corrected chi connectivity index (χ2v) is 8.22. The number of rotatable bonds is 3. The van der Waals surface area contributed by atoms with Crippen LogP contribution in [-0.2, 0) is 19.7 Å². The van der Waals surface area contributed by atoms with Crippen molar-refractivity contribution in [3.05, 3.63) is 0 Å². The van der Waals surface area contributed by atoms with Crippen molar-refractivity contribution in [3.63, 3.8) is 0 Å². The third-order valence-electron chi connectivity index (χ3n) is 4.82. The topological polar surface area (TPSA) is 82.2 Å². The number of ether oxygens (including phenoxy) is 1. The summed E-state index contributed by atoms with van der Waals surface area (Å²) in [5.74, 6) is 0.215. The predicted molar refractivity (Wildman–Crippen MR) is 85.1 cm³/mol. The average molecular weight is 346 g/mol. The van der Waals surface area contributed by atoms with Crippen LogP contribution in [0, 0.1) is 5.92 Å². The number of nitrogens with one attached hydrogen (secondary N) is 1. The summed E-state index contributed by atoms with van der Waals surface area (Å²) >= 11 is 0. The number of nitrogens with zero attached hydrogens (tertiary/aromatic N) is 3. The Bertz CT molecular complexity index is 507. The van der Waals surface area contributed by atoms with Crippen LogP contribution in [0.3, 0.4) is 0 Å². The van der Waals surface area contributed by atoms with Crippen molar-refractivity contribution in [2.75, 3.05) is 65.6 Å². The molecule has 0 bridgehead atoms. The third kappa shape index (κ3) is 3.85. The Morgan fingerprint density at radius 3 is 2.26 bits per heavy atom. The quantitative estimate of drug-likeness (QED) is 0.687. The SMILES string of the molecule is O=C(C1CCCNC1)N1CCN(S(=O)(=O)N2CCOCC2)CC1. The van der Waals surface area contributed by atoms with E-state index in [4.69, 9.17) is 4.74 Å². The van der Waals surface area contributed by atoms with E-state index in [9.17, 15) is 13.2 Å². The molecule has 3 aliphatic heterocycles. The monoisotopic (exact) mass is 346 g/mol. The van der Waals surface area contributed by atoms with E-state index in [2.05, 4.69) is 5.32 Å². The minimum Gasteiger partial charge on any atom is -0.379 e. The van der Waals surface area contributed by atoms with Crippen molar-refractivity contribution >= 4 is 16.1 Å². The molecule has 0 aliphatic carbocycles. The largest absolute Gasteiger partial charge is 0.379 e. The second-order valence-electron chi connectivity index (χ2n) is 6.29. The zero-order valence-electron chi connectivity index (χ0n) is 13.4. The van der Waals surface area contributed by atoms with Gasteiger partial charge in [0.15, 0.2) is 0 Å². The van der Waals surface area contributed by atoms with E-state index in [1.54, 1.807) is 0 Å². The first-order valence-corrected chi connectivity index (χ1v) is 9.81. The summed E-state index contributed by atoms with van der Waals surface area (Å²) in [6.07, 6.45) is 1.96. The smallest absolute Gasteiger partial charge is 0.282 e. The molecule has 23 heavy (non-hydrogen) atoms. The molecular formula is C14H26N4O4S. The van der Waals surface area contributed by atoms with E-state index in [-0.39, 0.29) is 11.8 Å². The highest BCUT2D eigenvalue weighted by Crippen LogP contribution is 2.18. The van der Waals surface area contributed by atoms with Gasteiger partial charge in [-0.25, -0.2) is 0 Å². The highest BCUT2D eigenvalue weighted by Gasteiger charge is 2.35. The van der Waals surface area contributed by atoms with E-state index < -0.39 is 10.2 Å². The first-order chi connectivity index (χ1) is 11.1. The summed E-state index contributed by atoms with van der Waals surface area (Å²) in [5.41, 5.74) is 0. The fourth-order valence-electron chi connectivity index (χ4n) is 3.40. The van der Waals surface area contributed by atoms with Crippen molar-refractivity contribution in [2.24, 2.45) is 5.92 Å². The van der Waals surface area contributed by atoms with Gasteiger partial charge in [-0.3, -0.25) is 4.79 Å². The molecule has 0 aromatic heterocycles. The number of piperazine rings is 1. The molecule has 1 amide bonds. The van der Waals surface area contributed by atoms with E-state index >= 15 is 0 Å². The van der Waals surface area contributed by atoms with Crippen molar-refractivity contribution in [2.45, 2.75) is 12.8 Å². The van der Waals surface area contributed by atoms with Crippen LogP contribution in [0.1, 0.15) is 12.8 Å². The number of hydrogen-bond acceptors (Lipinski definition) is 5. The normalized spacial score (nSPS) is 28.7. The molecular weight excluding hydrogens is 320 g/mol. The molecule has 3 rings (SSSR count). The lowest BCUT2D eigenvalue weighted by molar-refractivity contribution is -0.137. The summed E-state index contributed by atoms with van der Waals surface area (Å²) in [7, 11) is -3.42. The van der Waals surface area contributed by atoms with Crippen LogP contribution in [0.15, 0.2) is 0 Å². The lowest BCUT2D eigenvalue weighted by Gasteiger charge is -2.39. The van der Waals surface area contributed by atoms with Gasteiger partial charge in [-0.1, -0.05) is 0 Å². The Kier molecular flexibility index (Phi) is 5.53. The van der Waals surface area contributed by atoms with E-state index in [0.717, 1.165) is 25.9 Å². The maximum Gasteiger partial charge on any atom is 0.282 e. The molecule has 3 saturated heterocycles. The molecule has 0 radical (unpaired) electrons. The Hall–Kier alpha value is -0.740. The number of morpholine rings is 1. The molecule has 1 unspecified atom stereocenters. The fourth-order valence-corrected chi connectivity index (χ4v) is 4.96. The number of piperidine rings is 1. The zero-order valence-corrected chi connectivity index (χ0v) is 14.3. The van der Waals surface area contributed by atoms with Crippen LogP contribution >= 0.6 is 0 Å². The fraction of sp³-hybridized carbons (Fsp3) is 0.929. The molecule has 3 heterocycles. The molecule has 1 atom stereocenters. The summed E-state index contributed by atoms with van der Waals surface area (Å²) < 4.78 is 33.4. The van der Waals surface area contributed by atoms with E-state index in [1.165, 1.54) is 8.61 Å². The molecule has 0 spiro atoms. The number of carbonyl (C=O) groups excluding carboxylic acids is 1. The molecule has 9 heteroatoms. The summed E-state index contributed by atoms with van der Waals surface area (Å²) in [6, 6.07) is 0. The van der Waals surface area contributed by atoms with Gasteiger partial charge in [0, 0.05) is 45.8 Å². The van der Waals surface area contributed by atoms with Gasteiger partial charge < -0.3 is 15.0 Å². The number of hydrogen-bond donors (Lipinski definition) is 1. The van der Waals surface area contributed by atoms with Gasteiger partial charge in [-0.15, -0.1) is 0 Å². The molecule has 8 nitrogen and oxygen atoms in total. The predicted octanol–water partition coefficient (Wildman–Crippen LogP) is -1.29. The molecule has 3 aliphatic rings. The van der Waals surface area contributed by atoms with E-state index in [1.807, 2.05) is 4.90 Å². The number of carbonyl (C=O) groups is 1. The van der Waals surface area contributed by atoms with Crippen molar-refractivity contribution in [3.8, 4) is 0 Å². The van der Waals surface area contributed by atoms with Crippen LogP contribution < -0.4 is 5.32 Å². The lowest BCUT2D eigenvalue weighted by Crippen LogP contribution is -2.57. The molecule has 0 aromatic rings. The van der Waals surface area contributed by atoms with Gasteiger partial charge in [0.2, 0.25) is 5.91 Å². The minimum atomic E-state index is -3.42. The van der Waals surface area contributed by atoms with Crippen molar-refractivity contribution in [1.29, 1.82) is 0 Å². The van der Waals surface area contributed by atoms with E-state index in [0.29, 0.717) is 52.5 Å². The van der Waals surface area contributed by atoms with Gasteiger partial charge in [0.1, 0.15) is 0 Å². The Labute approximate surface area is 137 Å². The Balaban J connectivity index is 1.54. The average Bonchev–Trinajstić information content (AvgIpc) is 2.63. The van der Waals surface area contributed by atoms with Crippen LogP contribution in [-0.4, -0.2) is 93.4 Å². The second kappa shape index (κ2) is 7.43. The van der Waals surface area contributed by atoms with Gasteiger partial charge in [0.05, 0.1) is 19.1 Å². The van der Waals surface area contributed by atoms with Crippen LogP contribution in [0.5, 0.6) is 0 Å². The standard InChI is InChI=1S/C14H26N4O4S/c19-14(13-2-1-3-15-12-13)16-4-6-17(7-5-16)23(20,21)18-8-10-22-11-9-18/h13,15H,1-12H2. The molecule has 1 N–H and O–H groups in total. The maximum absolute atomic E-state index is 12.6.